The van der Waals surface area contributed by atoms with Crippen LogP contribution in [0.2, 0.25) is 0 Å². The number of ether oxygens (including phenoxy) is 4. The molecule has 0 aromatic heterocycles. The van der Waals surface area contributed by atoms with E-state index in [9.17, 15) is 19.5 Å². The molecule has 0 saturated heterocycles. The lowest BCUT2D eigenvalue weighted by Gasteiger charge is -2.41. The molecular weight excluding hydrogens is 296 g/mol. The van der Waals surface area contributed by atoms with Gasteiger partial charge < -0.3 is 24.1 Å². The molecule has 128 valence electrons. The summed E-state index contributed by atoms with van der Waals surface area (Å²) in [7, 11) is 1.32. The highest BCUT2D eigenvalue weighted by Gasteiger charge is 2.50. The summed E-state index contributed by atoms with van der Waals surface area (Å²) < 4.78 is 20.4. The number of aliphatic hydroxyl groups excluding tert-OH is 1. The van der Waals surface area contributed by atoms with Crippen LogP contribution in [0.15, 0.2) is 0 Å². The first-order chi connectivity index (χ1) is 10.0. The predicted molar refractivity (Wildman–Crippen MR) is 74.8 cm³/mol. The quantitative estimate of drug-likeness (QED) is 0.499. The minimum Gasteiger partial charge on any atom is -0.463 e. The molecule has 0 amide bonds. The zero-order valence-corrected chi connectivity index (χ0v) is 13.7. The van der Waals surface area contributed by atoms with Gasteiger partial charge in [-0.15, -0.1) is 0 Å². The Morgan fingerprint density at radius 2 is 1.64 bits per heavy atom. The molecule has 0 heterocycles. The van der Waals surface area contributed by atoms with E-state index < -0.39 is 41.8 Å². The van der Waals surface area contributed by atoms with Gasteiger partial charge in [0.05, 0.1) is 6.10 Å². The topological polar surface area (TPSA) is 108 Å². The molecule has 0 fully saturated rings. The molecule has 0 bridgehead atoms. The summed E-state index contributed by atoms with van der Waals surface area (Å²) in [6.07, 6.45) is -3.29. The van der Waals surface area contributed by atoms with Crippen LogP contribution in [0.4, 0.5) is 0 Å². The number of carbonyl (C=O) groups is 3. The van der Waals surface area contributed by atoms with E-state index in [0.29, 0.717) is 0 Å². The van der Waals surface area contributed by atoms with E-state index in [1.165, 1.54) is 34.8 Å². The van der Waals surface area contributed by atoms with Crippen molar-refractivity contribution in [2.45, 2.75) is 58.5 Å². The van der Waals surface area contributed by atoms with E-state index in [2.05, 4.69) is 0 Å². The Labute approximate surface area is 129 Å². The standard InChI is InChI=1S/C14H24O8/c1-8(15)13(21-10(3)17)14(5,22-11(4)18)12(19-6)7-20-9(2)16/h8,12-13,15H,7H2,1-6H3/t8-,12+,13-,14+/m1/s1. The van der Waals surface area contributed by atoms with Gasteiger partial charge in [-0.1, -0.05) is 0 Å². The number of hydrogen-bond donors (Lipinski definition) is 1. The second-order valence-corrected chi connectivity index (χ2v) is 5.08. The maximum atomic E-state index is 11.4. The molecule has 0 radical (unpaired) electrons. The van der Waals surface area contributed by atoms with Gasteiger partial charge in [0.2, 0.25) is 0 Å². The molecule has 4 atom stereocenters. The van der Waals surface area contributed by atoms with Crippen molar-refractivity contribution in [2.75, 3.05) is 13.7 Å². The summed E-state index contributed by atoms with van der Waals surface area (Å²) in [5.74, 6) is -1.87. The smallest absolute Gasteiger partial charge is 0.303 e. The van der Waals surface area contributed by atoms with Crippen molar-refractivity contribution >= 4 is 17.9 Å². The average Bonchev–Trinajstić information content (AvgIpc) is 2.34. The molecular formula is C14H24O8. The van der Waals surface area contributed by atoms with Gasteiger partial charge in [-0.2, -0.15) is 0 Å². The fourth-order valence-electron chi connectivity index (χ4n) is 2.15. The molecule has 8 heteroatoms. The van der Waals surface area contributed by atoms with Gasteiger partial charge in [-0.05, 0) is 13.8 Å². The normalized spacial score (nSPS) is 17.6. The molecule has 22 heavy (non-hydrogen) atoms. The van der Waals surface area contributed by atoms with Gasteiger partial charge in [-0.3, -0.25) is 14.4 Å². The maximum Gasteiger partial charge on any atom is 0.303 e. The third-order valence-corrected chi connectivity index (χ3v) is 3.02. The lowest BCUT2D eigenvalue weighted by atomic mass is 9.88. The van der Waals surface area contributed by atoms with E-state index in [0.717, 1.165) is 6.92 Å². The number of esters is 3. The van der Waals surface area contributed by atoms with Crippen molar-refractivity contribution in [3.05, 3.63) is 0 Å². The van der Waals surface area contributed by atoms with Gasteiger partial charge >= 0.3 is 17.9 Å². The third-order valence-electron chi connectivity index (χ3n) is 3.02. The summed E-state index contributed by atoms with van der Waals surface area (Å²) in [5.41, 5.74) is -1.55. The molecule has 0 aliphatic rings. The molecule has 0 spiro atoms. The Kier molecular flexibility index (Phi) is 8.04. The molecule has 0 rings (SSSR count). The molecule has 0 aromatic carbocycles. The minimum absolute atomic E-state index is 0.236. The summed E-state index contributed by atoms with van der Waals surface area (Å²) in [6, 6.07) is 0. The summed E-state index contributed by atoms with van der Waals surface area (Å²) in [4.78, 5) is 33.7. The first-order valence-electron chi connectivity index (χ1n) is 6.75. The van der Waals surface area contributed by atoms with Gasteiger partial charge in [0, 0.05) is 27.9 Å². The van der Waals surface area contributed by atoms with Gasteiger partial charge in [0.25, 0.3) is 0 Å². The molecule has 0 aromatic rings. The monoisotopic (exact) mass is 320 g/mol. The van der Waals surface area contributed by atoms with Crippen LogP contribution in [0.5, 0.6) is 0 Å². The Morgan fingerprint density at radius 1 is 1.09 bits per heavy atom. The number of carbonyl (C=O) groups excluding carboxylic acids is 3. The van der Waals surface area contributed by atoms with Gasteiger partial charge in [0.1, 0.15) is 12.7 Å². The Bertz CT molecular complexity index is 406. The average molecular weight is 320 g/mol. The van der Waals surface area contributed by atoms with Crippen LogP contribution < -0.4 is 0 Å². The van der Waals surface area contributed by atoms with Crippen LogP contribution in [0, 0.1) is 0 Å². The fraction of sp³-hybridized carbons (Fsp3) is 0.786. The Morgan fingerprint density at radius 3 is 1.95 bits per heavy atom. The summed E-state index contributed by atoms with van der Waals surface area (Å²) in [6.45, 7) is 6.13. The van der Waals surface area contributed by atoms with Crippen LogP contribution >= 0.6 is 0 Å². The van der Waals surface area contributed by atoms with E-state index in [1.807, 2.05) is 0 Å². The second-order valence-electron chi connectivity index (χ2n) is 5.08. The first-order valence-corrected chi connectivity index (χ1v) is 6.75. The zero-order chi connectivity index (χ0) is 17.5. The lowest BCUT2D eigenvalue weighted by Crippen LogP contribution is -2.60. The number of methoxy groups -OCH3 is 1. The van der Waals surface area contributed by atoms with E-state index in [1.54, 1.807) is 0 Å². The van der Waals surface area contributed by atoms with Crippen molar-refractivity contribution < 1.29 is 38.4 Å². The highest BCUT2D eigenvalue weighted by atomic mass is 16.6. The van der Waals surface area contributed by atoms with Gasteiger partial charge in [-0.25, -0.2) is 0 Å². The summed E-state index contributed by atoms with van der Waals surface area (Å²) >= 11 is 0. The predicted octanol–water partition coefficient (Wildman–Crippen LogP) is 0.199. The zero-order valence-electron chi connectivity index (χ0n) is 13.7. The van der Waals surface area contributed by atoms with Gasteiger partial charge in [0.15, 0.2) is 11.7 Å². The van der Waals surface area contributed by atoms with Crippen molar-refractivity contribution in [3.8, 4) is 0 Å². The van der Waals surface area contributed by atoms with Crippen molar-refractivity contribution in [2.24, 2.45) is 0 Å². The highest BCUT2D eigenvalue weighted by molar-refractivity contribution is 5.68. The molecule has 0 saturated carbocycles. The number of aliphatic hydroxyl groups is 1. The lowest BCUT2D eigenvalue weighted by molar-refractivity contribution is -0.222. The number of rotatable bonds is 8. The van der Waals surface area contributed by atoms with Crippen LogP contribution in [0.1, 0.15) is 34.6 Å². The first kappa shape index (κ1) is 20.3. The van der Waals surface area contributed by atoms with Crippen LogP contribution in [-0.2, 0) is 33.3 Å². The fourth-order valence-corrected chi connectivity index (χ4v) is 2.15. The van der Waals surface area contributed by atoms with Crippen molar-refractivity contribution in [1.29, 1.82) is 0 Å². The molecule has 0 unspecified atom stereocenters. The Hall–Kier alpha value is -1.67. The van der Waals surface area contributed by atoms with E-state index >= 15 is 0 Å². The SMILES string of the molecule is CO[C@@H](COC(C)=O)[C@](C)(OC(C)=O)[C@H](OC(C)=O)[C@@H](C)O. The third kappa shape index (κ3) is 5.98. The highest BCUT2D eigenvalue weighted by Crippen LogP contribution is 2.28. The number of hydrogen-bond acceptors (Lipinski definition) is 8. The van der Waals surface area contributed by atoms with Crippen molar-refractivity contribution in [1.82, 2.24) is 0 Å². The molecule has 1 N–H and O–H groups in total. The minimum atomic E-state index is -1.55. The second kappa shape index (κ2) is 8.70. The van der Waals surface area contributed by atoms with Crippen LogP contribution in [0.3, 0.4) is 0 Å². The van der Waals surface area contributed by atoms with Crippen LogP contribution in [-0.4, -0.2) is 60.6 Å². The van der Waals surface area contributed by atoms with Crippen LogP contribution in [0.25, 0.3) is 0 Å². The summed E-state index contributed by atoms with van der Waals surface area (Å²) in [5, 5.41) is 9.90. The van der Waals surface area contributed by atoms with E-state index in [-0.39, 0.29) is 6.61 Å². The molecule has 0 aliphatic heterocycles. The van der Waals surface area contributed by atoms with E-state index in [4.69, 9.17) is 18.9 Å². The molecule has 8 nitrogen and oxygen atoms in total. The molecule has 0 aliphatic carbocycles. The van der Waals surface area contributed by atoms with Crippen molar-refractivity contribution in [3.63, 3.8) is 0 Å². The maximum absolute atomic E-state index is 11.4. The largest absolute Gasteiger partial charge is 0.463 e. The Balaban J connectivity index is 5.59.